The average Bonchev–Trinajstić information content (AvgIpc) is 2.80. The first-order valence-electron chi connectivity index (χ1n) is 11.6. The van der Waals surface area contributed by atoms with E-state index in [-0.39, 0.29) is 5.78 Å². The Balaban J connectivity index is 1.75. The molecule has 33 heavy (non-hydrogen) atoms. The van der Waals surface area contributed by atoms with Gasteiger partial charge in [0, 0.05) is 11.1 Å². The highest BCUT2D eigenvalue weighted by Gasteiger charge is 2.29. The molecule has 0 amide bonds. The summed E-state index contributed by atoms with van der Waals surface area (Å²) in [5.74, 6) is 0.155. The van der Waals surface area contributed by atoms with Crippen molar-refractivity contribution in [1.82, 2.24) is 0 Å². The predicted octanol–water partition coefficient (Wildman–Crippen LogP) is 8.03. The van der Waals surface area contributed by atoms with Gasteiger partial charge in [0.05, 0.1) is 0 Å². The summed E-state index contributed by atoms with van der Waals surface area (Å²) in [6, 6.07) is 25.8. The van der Waals surface area contributed by atoms with Crippen molar-refractivity contribution >= 4 is 27.3 Å². The van der Waals surface area contributed by atoms with Gasteiger partial charge in [-0.1, -0.05) is 60.7 Å². The zero-order chi connectivity index (χ0) is 22.9. The molecule has 0 aliphatic heterocycles. The van der Waals surface area contributed by atoms with Crippen LogP contribution in [0.15, 0.2) is 72.8 Å². The first kappa shape index (κ1) is 19.9. The lowest BCUT2D eigenvalue weighted by molar-refractivity contribution is 0.103. The molecule has 5 aromatic rings. The topological polar surface area (TPSA) is 17.1 Å². The maximum absolute atomic E-state index is 13.9. The van der Waals surface area contributed by atoms with E-state index in [1.807, 2.05) is 18.2 Å². The lowest BCUT2D eigenvalue weighted by Gasteiger charge is -2.26. The van der Waals surface area contributed by atoms with E-state index in [9.17, 15) is 4.79 Å². The molecule has 0 saturated carbocycles. The van der Waals surface area contributed by atoms with Gasteiger partial charge in [0.1, 0.15) is 0 Å². The molecule has 0 saturated heterocycles. The second-order valence-corrected chi connectivity index (χ2v) is 9.53. The van der Waals surface area contributed by atoms with Crippen molar-refractivity contribution in [2.75, 3.05) is 0 Å². The molecule has 5 aromatic carbocycles. The molecule has 1 nitrogen and oxygen atoms in total. The molecule has 1 aliphatic carbocycles. The van der Waals surface area contributed by atoms with E-state index in [4.69, 9.17) is 0 Å². The molecule has 0 heterocycles. The first-order valence-corrected chi connectivity index (χ1v) is 11.6. The van der Waals surface area contributed by atoms with Crippen molar-refractivity contribution < 1.29 is 4.79 Å². The Labute approximate surface area is 194 Å². The minimum atomic E-state index is 0.155. The number of hydrogen-bond donors (Lipinski definition) is 0. The van der Waals surface area contributed by atoms with Gasteiger partial charge in [0.15, 0.2) is 5.78 Å². The van der Waals surface area contributed by atoms with Crippen molar-refractivity contribution in [2.24, 2.45) is 0 Å². The van der Waals surface area contributed by atoms with Crippen LogP contribution in [0.25, 0.3) is 32.7 Å². The van der Waals surface area contributed by atoms with Crippen molar-refractivity contribution in [3.63, 3.8) is 0 Å². The largest absolute Gasteiger partial charge is 0.289 e. The third-order valence-corrected chi connectivity index (χ3v) is 7.37. The molecule has 0 spiro atoms. The fourth-order valence-electron chi connectivity index (χ4n) is 5.84. The predicted molar refractivity (Wildman–Crippen MR) is 139 cm³/mol. The lowest BCUT2D eigenvalue weighted by Crippen LogP contribution is -2.18. The number of hydrogen-bond acceptors (Lipinski definition) is 1. The van der Waals surface area contributed by atoms with Crippen molar-refractivity contribution in [2.45, 2.75) is 34.1 Å². The minimum Gasteiger partial charge on any atom is -0.289 e. The summed E-state index contributed by atoms with van der Waals surface area (Å²) in [5, 5.41) is 4.96. The molecular formula is C32H26O. The third-order valence-electron chi connectivity index (χ3n) is 7.37. The van der Waals surface area contributed by atoms with Gasteiger partial charge in [-0.15, -0.1) is 0 Å². The van der Waals surface area contributed by atoms with E-state index < -0.39 is 0 Å². The number of ketones is 1. The van der Waals surface area contributed by atoms with Crippen LogP contribution in [0.1, 0.15) is 49.3 Å². The van der Waals surface area contributed by atoms with Crippen molar-refractivity contribution in [1.29, 1.82) is 0 Å². The maximum atomic E-state index is 13.9. The summed E-state index contributed by atoms with van der Waals surface area (Å²) >= 11 is 0. The van der Waals surface area contributed by atoms with Crippen LogP contribution in [-0.2, 0) is 6.42 Å². The lowest BCUT2D eigenvalue weighted by atomic mass is 9.76. The molecule has 0 radical (unpaired) electrons. The smallest absolute Gasteiger partial charge is 0.194 e. The third kappa shape index (κ3) is 2.89. The summed E-state index contributed by atoms with van der Waals surface area (Å²) in [6.45, 7) is 8.67. The summed E-state index contributed by atoms with van der Waals surface area (Å²) in [7, 11) is 0. The van der Waals surface area contributed by atoms with Crippen molar-refractivity contribution in [3.8, 4) is 11.1 Å². The molecule has 6 rings (SSSR count). The van der Waals surface area contributed by atoms with Crippen LogP contribution in [0.3, 0.4) is 0 Å². The van der Waals surface area contributed by atoms with Gasteiger partial charge in [-0.3, -0.25) is 4.79 Å². The van der Waals surface area contributed by atoms with Gasteiger partial charge in [-0.05, 0) is 112 Å². The second kappa shape index (κ2) is 7.15. The van der Waals surface area contributed by atoms with Crippen LogP contribution in [0, 0.1) is 27.7 Å². The SMILES string of the molecule is Cc1cc(C)c(-c2c(C)cc(C)c3cc4ccccc4cc23)c2c1Cc1ccccc1C2=O. The Morgan fingerprint density at radius 1 is 0.576 bits per heavy atom. The van der Waals surface area contributed by atoms with Gasteiger partial charge in [0.2, 0.25) is 0 Å². The van der Waals surface area contributed by atoms with Gasteiger partial charge in [-0.25, -0.2) is 0 Å². The standard InChI is InChI=1S/C32H26O/c1-18-13-20(3)29(28-16-23-10-6-5-9-22(23)15-26(18)28)30-21(4)14-19(2)27-17-24-11-7-8-12-25(24)32(33)31(27)30/h5-16H,17H2,1-4H3. The molecule has 1 heteroatoms. The summed E-state index contributed by atoms with van der Waals surface area (Å²) in [5.41, 5.74) is 11.2. The Kier molecular flexibility index (Phi) is 4.32. The van der Waals surface area contributed by atoms with Gasteiger partial charge < -0.3 is 0 Å². The Hall–Kier alpha value is -3.71. The number of carbonyl (C=O) groups is 1. The summed E-state index contributed by atoms with van der Waals surface area (Å²) < 4.78 is 0. The van der Waals surface area contributed by atoms with Crippen LogP contribution in [0.4, 0.5) is 0 Å². The highest BCUT2D eigenvalue weighted by atomic mass is 16.1. The molecule has 0 fully saturated rings. The highest BCUT2D eigenvalue weighted by molar-refractivity contribution is 6.19. The molecule has 0 atom stereocenters. The van der Waals surface area contributed by atoms with E-state index in [0.29, 0.717) is 0 Å². The molecule has 1 aliphatic rings. The molecule has 160 valence electrons. The number of aryl methyl sites for hydroxylation is 4. The van der Waals surface area contributed by atoms with Crippen LogP contribution in [0.5, 0.6) is 0 Å². The second-order valence-electron chi connectivity index (χ2n) is 9.53. The Morgan fingerprint density at radius 3 is 1.94 bits per heavy atom. The van der Waals surface area contributed by atoms with E-state index in [1.165, 1.54) is 54.9 Å². The van der Waals surface area contributed by atoms with Crippen LogP contribution in [0.2, 0.25) is 0 Å². The highest BCUT2D eigenvalue weighted by Crippen LogP contribution is 2.43. The Morgan fingerprint density at radius 2 is 1.18 bits per heavy atom. The fourth-order valence-corrected chi connectivity index (χ4v) is 5.84. The fraction of sp³-hybridized carbons (Fsp3) is 0.156. The van der Waals surface area contributed by atoms with E-state index >= 15 is 0 Å². The molecule has 0 aromatic heterocycles. The normalized spacial score (nSPS) is 12.8. The van der Waals surface area contributed by atoms with E-state index in [2.05, 4.69) is 82.3 Å². The number of benzene rings is 5. The van der Waals surface area contributed by atoms with Crippen LogP contribution < -0.4 is 0 Å². The zero-order valence-electron chi connectivity index (χ0n) is 19.5. The quantitative estimate of drug-likeness (QED) is 0.243. The Bertz CT molecular complexity index is 1630. The molecule has 0 unspecified atom stereocenters. The average molecular weight is 427 g/mol. The zero-order valence-corrected chi connectivity index (χ0v) is 19.5. The monoisotopic (exact) mass is 426 g/mol. The van der Waals surface area contributed by atoms with Crippen molar-refractivity contribution in [3.05, 3.63) is 117 Å². The van der Waals surface area contributed by atoms with Gasteiger partial charge >= 0.3 is 0 Å². The van der Waals surface area contributed by atoms with Gasteiger partial charge in [0.25, 0.3) is 0 Å². The van der Waals surface area contributed by atoms with Gasteiger partial charge in [-0.2, -0.15) is 0 Å². The maximum Gasteiger partial charge on any atom is 0.194 e. The number of rotatable bonds is 1. The van der Waals surface area contributed by atoms with Crippen LogP contribution >= 0.6 is 0 Å². The van der Waals surface area contributed by atoms with Crippen LogP contribution in [-0.4, -0.2) is 5.78 Å². The summed E-state index contributed by atoms with van der Waals surface area (Å²) in [6.07, 6.45) is 0.808. The van der Waals surface area contributed by atoms with E-state index in [0.717, 1.165) is 28.7 Å². The molecular weight excluding hydrogens is 400 g/mol. The molecule has 0 N–H and O–H groups in total. The van der Waals surface area contributed by atoms with E-state index in [1.54, 1.807) is 0 Å². The molecule has 0 bridgehead atoms. The first-order chi connectivity index (χ1) is 15.9. The minimum absolute atomic E-state index is 0.155. The number of fused-ring (bicyclic) bond motifs is 4. The number of carbonyl (C=O) groups excluding carboxylic acids is 1. The summed E-state index contributed by atoms with van der Waals surface area (Å²) in [4.78, 5) is 13.9.